The van der Waals surface area contributed by atoms with E-state index in [0.29, 0.717) is 10.7 Å². The number of aromatic nitrogens is 3. The number of rotatable bonds is 5. The molecule has 0 unspecified atom stereocenters. The summed E-state index contributed by atoms with van der Waals surface area (Å²) in [5.74, 6) is -0.291. The molecule has 1 heterocycles. The van der Waals surface area contributed by atoms with Gasteiger partial charge in [-0.15, -0.1) is 5.10 Å². The van der Waals surface area contributed by atoms with Gasteiger partial charge in [-0.25, -0.2) is 13.1 Å². The summed E-state index contributed by atoms with van der Waals surface area (Å²) in [5.41, 5.74) is 0.557. The second-order valence-electron chi connectivity index (χ2n) is 4.23. The molecule has 0 aliphatic heterocycles. The number of anilines is 2. The Bertz CT molecular complexity index is 759. The molecule has 0 saturated carbocycles. The first-order valence-corrected chi connectivity index (χ1v) is 8.02. The highest BCUT2D eigenvalue weighted by Gasteiger charge is 2.09. The number of hydrogen-bond acceptors (Lipinski definition) is 5. The lowest BCUT2D eigenvalue weighted by Crippen LogP contribution is -2.19. The predicted molar refractivity (Wildman–Crippen MR) is 78.6 cm³/mol. The van der Waals surface area contributed by atoms with Crippen LogP contribution < -0.4 is 10.0 Å². The van der Waals surface area contributed by atoms with Gasteiger partial charge in [-0.1, -0.05) is 22.9 Å². The number of carbonyl (C=O) groups excluding carboxylic acids is 1. The Labute approximate surface area is 126 Å². The van der Waals surface area contributed by atoms with Crippen LogP contribution in [0.25, 0.3) is 0 Å². The van der Waals surface area contributed by atoms with Crippen molar-refractivity contribution < 1.29 is 13.2 Å². The third kappa shape index (κ3) is 5.04. The average molecular weight is 330 g/mol. The summed E-state index contributed by atoms with van der Waals surface area (Å²) in [6.45, 7) is -0.106. The highest BCUT2D eigenvalue weighted by molar-refractivity contribution is 7.92. The molecule has 0 bridgehead atoms. The van der Waals surface area contributed by atoms with E-state index in [2.05, 4.69) is 20.4 Å². The molecular formula is C11H12ClN5O3S. The second kappa shape index (κ2) is 6.10. The molecule has 1 amide bonds. The van der Waals surface area contributed by atoms with E-state index in [-0.39, 0.29) is 18.3 Å². The largest absolute Gasteiger partial charge is 0.324 e. The van der Waals surface area contributed by atoms with E-state index in [1.165, 1.54) is 10.9 Å². The Morgan fingerprint density at radius 1 is 1.43 bits per heavy atom. The van der Waals surface area contributed by atoms with Crippen LogP contribution in [0.2, 0.25) is 5.02 Å². The van der Waals surface area contributed by atoms with Gasteiger partial charge >= 0.3 is 0 Å². The van der Waals surface area contributed by atoms with Crippen LogP contribution in [-0.4, -0.2) is 35.6 Å². The molecule has 0 atom stereocenters. The zero-order valence-electron chi connectivity index (χ0n) is 10.9. The topological polar surface area (TPSA) is 106 Å². The second-order valence-corrected chi connectivity index (χ2v) is 6.42. The standard InChI is InChI=1S/C11H12ClN5O3S/c1-21(19,20)15-10-6-17(16-14-10)7-11(18)13-9-4-2-3-8(12)5-9/h2-6,15H,7H2,1H3,(H,13,18). The van der Waals surface area contributed by atoms with Crippen LogP contribution in [-0.2, 0) is 21.4 Å². The number of nitrogens with one attached hydrogen (secondary N) is 2. The van der Waals surface area contributed by atoms with Crippen molar-refractivity contribution in [2.45, 2.75) is 6.54 Å². The molecule has 1 aromatic carbocycles. The SMILES string of the molecule is CS(=O)(=O)Nc1cn(CC(=O)Nc2cccc(Cl)c2)nn1. The van der Waals surface area contributed by atoms with Gasteiger partial charge in [0, 0.05) is 10.7 Å². The van der Waals surface area contributed by atoms with E-state index in [4.69, 9.17) is 11.6 Å². The van der Waals surface area contributed by atoms with E-state index in [0.717, 1.165) is 6.26 Å². The number of carbonyl (C=O) groups is 1. The van der Waals surface area contributed by atoms with Crippen LogP contribution in [0, 0.1) is 0 Å². The fraction of sp³-hybridized carbons (Fsp3) is 0.182. The van der Waals surface area contributed by atoms with Gasteiger partial charge in [0.05, 0.1) is 12.5 Å². The van der Waals surface area contributed by atoms with Gasteiger partial charge in [0.2, 0.25) is 15.9 Å². The molecule has 112 valence electrons. The van der Waals surface area contributed by atoms with Crippen molar-refractivity contribution in [3.63, 3.8) is 0 Å². The molecule has 0 radical (unpaired) electrons. The number of nitrogens with zero attached hydrogens (tertiary/aromatic N) is 3. The van der Waals surface area contributed by atoms with Gasteiger partial charge in [0.1, 0.15) is 6.54 Å². The monoisotopic (exact) mass is 329 g/mol. The molecule has 1 aromatic heterocycles. The third-order valence-electron chi connectivity index (χ3n) is 2.24. The Kier molecular flexibility index (Phi) is 4.43. The summed E-state index contributed by atoms with van der Waals surface area (Å²) in [6.07, 6.45) is 2.32. The maximum Gasteiger partial charge on any atom is 0.246 e. The van der Waals surface area contributed by atoms with Crippen molar-refractivity contribution in [3.8, 4) is 0 Å². The van der Waals surface area contributed by atoms with Crippen LogP contribution in [0.3, 0.4) is 0 Å². The first-order valence-electron chi connectivity index (χ1n) is 5.75. The van der Waals surface area contributed by atoms with Crippen molar-refractivity contribution in [2.24, 2.45) is 0 Å². The van der Waals surface area contributed by atoms with Crippen LogP contribution in [0.5, 0.6) is 0 Å². The molecule has 0 aliphatic rings. The maximum absolute atomic E-state index is 11.8. The van der Waals surface area contributed by atoms with Gasteiger partial charge in [-0.3, -0.25) is 9.52 Å². The fourth-order valence-corrected chi connectivity index (χ4v) is 2.19. The quantitative estimate of drug-likeness (QED) is 0.849. The smallest absolute Gasteiger partial charge is 0.246 e. The highest BCUT2D eigenvalue weighted by Crippen LogP contribution is 2.14. The Hall–Kier alpha value is -2.13. The zero-order chi connectivity index (χ0) is 15.5. The molecule has 10 heteroatoms. The summed E-state index contributed by atoms with van der Waals surface area (Å²) >= 11 is 5.81. The van der Waals surface area contributed by atoms with Gasteiger partial charge in [-0.05, 0) is 18.2 Å². The van der Waals surface area contributed by atoms with Crippen LogP contribution in [0.15, 0.2) is 30.5 Å². The molecule has 2 aromatic rings. The number of amides is 1. The highest BCUT2D eigenvalue weighted by atomic mass is 35.5. The minimum atomic E-state index is -3.43. The third-order valence-corrected chi connectivity index (χ3v) is 3.06. The normalized spacial score (nSPS) is 11.1. The minimum absolute atomic E-state index is 0.0491. The summed E-state index contributed by atoms with van der Waals surface area (Å²) < 4.78 is 25.4. The van der Waals surface area contributed by atoms with E-state index in [9.17, 15) is 13.2 Å². The lowest BCUT2D eigenvalue weighted by Gasteiger charge is -2.05. The van der Waals surface area contributed by atoms with E-state index >= 15 is 0 Å². The first-order chi connectivity index (χ1) is 9.82. The van der Waals surface area contributed by atoms with E-state index in [1.807, 2.05) is 0 Å². The molecule has 0 spiro atoms. The first kappa shape index (κ1) is 15.3. The lowest BCUT2D eigenvalue weighted by molar-refractivity contribution is -0.116. The van der Waals surface area contributed by atoms with Crippen LogP contribution >= 0.6 is 11.6 Å². The van der Waals surface area contributed by atoms with Gasteiger partial charge in [-0.2, -0.15) is 0 Å². The number of hydrogen-bond donors (Lipinski definition) is 2. The molecular weight excluding hydrogens is 318 g/mol. The van der Waals surface area contributed by atoms with Gasteiger partial charge < -0.3 is 5.32 Å². The fourth-order valence-electron chi connectivity index (χ4n) is 1.53. The number of benzene rings is 1. The van der Waals surface area contributed by atoms with Crippen LogP contribution in [0.4, 0.5) is 11.5 Å². The summed E-state index contributed by atoms with van der Waals surface area (Å²) in [7, 11) is -3.43. The molecule has 2 rings (SSSR count). The van der Waals surface area contributed by atoms with E-state index < -0.39 is 10.0 Å². The molecule has 2 N–H and O–H groups in total. The Morgan fingerprint density at radius 3 is 2.86 bits per heavy atom. The van der Waals surface area contributed by atoms with Gasteiger partial charge in [0.15, 0.2) is 5.82 Å². The van der Waals surface area contributed by atoms with Crippen molar-refractivity contribution in [1.29, 1.82) is 0 Å². The van der Waals surface area contributed by atoms with Crippen molar-refractivity contribution in [1.82, 2.24) is 15.0 Å². The number of halogens is 1. The molecule has 8 nitrogen and oxygen atoms in total. The van der Waals surface area contributed by atoms with Crippen molar-refractivity contribution >= 4 is 39.0 Å². The predicted octanol–water partition coefficient (Wildman–Crippen LogP) is 0.942. The van der Waals surface area contributed by atoms with Crippen molar-refractivity contribution in [3.05, 3.63) is 35.5 Å². The number of sulfonamides is 1. The zero-order valence-corrected chi connectivity index (χ0v) is 12.5. The van der Waals surface area contributed by atoms with Gasteiger partial charge in [0.25, 0.3) is 0 Å². The van der Waals surface area contributed by atoms with E-state index in [1.54, 1.807) is 24.3 Å². The molecule has 0 fully saturated rings. The van der Waals surface area contributed by atoms with Crippen molar-refractivity contribution in [2.75, 3.05) is 16.3 Å². The minimum Gasteiger partial charge on any atom is -0.324 e. The van der Waals surface area contributed by atoms with Crippen LogP contribution in [0.1, 0.15) is 0 Å². The average Bonchev–Trinajstić information content (AvgIpc) is 2.73. The Morgan fingerprint density at radius 2 is 2.19 bits per heavy atom. The molecule has 21 heavy (non-hydrogen) atoms. The maximum atomic E-state index is 11.8. The summed E-state index contributed by atoms with van der Waals surface area (Å²) in [4.78, 5) is 11.8. The summed E-state index contributed by atoms with van der Waals surface area (Å²) in [6, 6.07) is 6.71. The molecule has 0 aliphatic carbocycles. The Balaban J connectivity index is 1.97. The summed E-state index contributed by atoms with van der Waals surface area (Å²) in [5, 5.41) is 10.4. The lowest BCUT2D eigenvalue weighted by atomic mass is 10.3. The molecule has 0 saturated heterocycles.